The van der Waals surface area contributed by atoms with Gasteiger partial charge >= 0.3 is 0 Å². The van der Waals surface area contributed by atoms with E-state index in [-0.39, 0.29) is 0 Å². The number of likely N-dealkylation sites (tertiary alicyclic amines) is 1. The molecule has 1 aromatic rings. The second-order valence-corrected chi connectivity index (χ2v) is 5.49. The quantitative estimate of drug-likeness (QED) is 0.782. The van der Waals surface area contributed by atoms with Crippen molar-refractivity contribution >= 4 is 0 Å². The largest absolute Gasteiger partial charge is 0.310 e. The van der Waals surface area contributed by atoms with Crippen molar-refractivity contribution in [2.24, 2.45) is 5.92 Å². The summed E-state index contributed by atoms with van der Waals surface area (Å²) in [7, 11) is 0. The Balaban J connectivity index is 1.66. The van der Waals surface area contributed by atoms with Gasteiger partial charge in [-0.05, 0) is 37.4 Å². The zero-order valence-corrected chi connectivity index (χ0v) is 11.6. The number of pyridine rings is 1. The molecule has 1 unspecified atom stereocenters. The highest BCUT2D eigenvalue weighted by molar-refractivity contribution is 5.02. The van der Waals surface area contributed by atoms with Gasteiger partial charge in [0.15, 0.2) is 0 Å². The van der Waals surface area contributed by atoms with E-state index >= 15 is 0 Å². The Morgan fingerprint density at radius 1 is 1.44 bits per heavy atom. The molecule has 18 heavy (non-hydrogen) atoms. The zero-order chi connectivity index (χ0) is 12.8. The van der Waals surface area contributed by atoms with Crippen LogP contribution >= 0.6 is 0 Å². The molecule has 0 saturated carbocycles. The summed E-state index contributed by atoms with van der Waals surface area (Å²) in [4.78, 5) is 6.95. The van der Waals surface area contributed by atoms with Gasteiger partial charge in [-0.3, -0.25) is 9.88 Å². The van der Waals surface area contributed by atoms with Crippen LogP contribution in [0.5, 0.6) is 0 Å². The van der Waals surface area contributed by atoms with Crippen molar-refractivity contribution in [2.75, 3.05) is 19.6 Å². The summed E-state index contributed by atoms with van der Waals surface area (Å²) in [6, 6.07) is 6.86. The fourth-order valence-electron chi connectivity index (χ4n) is 2.83. The first kappa shape index (κ1) is 13.5. The van der Waals surface area contributed by atoms with Crippen molar-refractivity contribution in [1.29, 1.82) is 0 Å². The minimum absolute atomic E-state index is 0.781. The van der Waals surface area contributed by atoms with Gasteiger partial charge in [-0.25, -0.2) is 0 Å². The first-order valence-corrected chi connectivity index (χ1v) is 7.12. The SMILES string of the molecule is CC(C)C1CCCN1CCNCc1ccccn1. The predicted octanol–water partition coefficient (Wildman–Crippen LogP) is 2.29. The predicted molar refractivity (Wildman–Crippen MR) is 75.4 cm³/mol. The lowest BCUT2D eigenvalue weighted by Crippen LogP contribution is -2.38. The Morgan fingerprint density at radius 2 is 2.33 bits per heavy atom. The number of hydrogen-bond acceptors (Lipinski definition) is 3. The maximum Gasteiger partial charge on any atom is 0.0541 e. The van der Waals surface area contributed by atoms with Gasteiger partial charge < -0.3 is 5.32 Å². The van der Waals surface area contributed by atoms with Crippen molar-refractivity contribution in [2.45, 2.75) is 39.3 Å². The lowest BCUT2D eigenvalue weighted by atomic mass is 10.0. The van der Waals surface area contributed by atoms with Gasteiger partial charge in [0.1, 0.15) is 0 Å². The summed E-state index contributed by atoms with van der Waals surface area (Å²) in [5.41, 5.74) is 1.12. The molecule has 1 aliphatic heterocycles. The fourth-order valence-corrected chi connectivity index (χ4v) is 2.83. The molecule has 1 aliphatic rings. The van der Waals surface area contributed by atoms with E-state index in [4.69, 9.17) is 0 Å². The average Bonchev–Trinajstić information content (AvgIpc) is 2.84. The molecule has 0 spiro atoms. The molecule has 1 atom stereocenters. The van der Waals surface area contributed by atoms with Gasteiger partial charge in [-0.2, -0.15) is 0 Å². The van der Waals surface area contributed by atoms with E-state index in [2.05, 4.69) is 35.1 Å². The van der Waals surface area contributed by atoms with Crippen LogP contribution in [0, 0.1) is 5.92 Å². The maximum atomic E-state index is 4.32. The molecule has 0 amide bonds. The second-order valence-electron chi connectivity index (χ2n) is 5.49. The molecule has 2 heterocycles. The summed E-state index contributed by atoms with van der Waals surface area (Å²) in [5.74, 6) is 0.781. The van der Waals surface area contributed by atoms with Crippen LogP contribution in [0.3, 0.4) is 0 Å². The number of nitrogens with one attached hydrogen (secondary N) is 1. The Labute approximate surface area is 111 Å². The average molecular weight is 247 g/mol. The standard InChI is InChI=1S/C15H25N3/c1-13(2)15-7-5-10-18(15)11-9-16-12-14-6-3-4-8-17-14/h3-4,6,8,13,15-16H,5,7,9-12H2,1-2H3. The van der Waals surface area contributed by atoms with E-state index in [0.717, 1.165) is 37.3 Å². The van der Waals surface area contributed by atoms with E-state index < -0.39 is 0 Å². The molecular formula is C15H25N3. The van der Waals surface area contributed by atoms with Crippen LogP contribution < -0.4 is 5.32 Å². The topological polar surface area (TPSA) is 28.2 Å². The van der Waals surface area contributed by atoms with E-state index in [0.29, 0.717) is 0 Å². The van der Waals surface area contributed by atoms with Crippen LogP contribution in [0.4, 0.5) is 0 Å². The number of aromatic nitrogens is 1. The number of rotatable bonds is 6. The molecule has 1 N–H and O–H groups in total. The van der Waals surface area contributed by atoms with Gasteiger partial charge in [0.25, 0.3) is 0 Å². The summed E-state index contributed by atoms with van der Waals surface area (Å²) >= 11 is 0. The Bertz CT molecular complexity index is 337. The number of hydrogen-bond donors (Lipinski definition) is 1. The highest BCUT2D eigenvalue weighted by atomic mass is 15.2. The Hall–Kier alpha value is -0.930. The van der Waals surface area contributed by atoms with Gasteiger partial charge in [-0.15, -0.1) is 0 Å². The van der Waals surface area contributed by atoms with Crippen molar-refractivity contribution in [3.8, 4) is 0 Å². The smallest absolute Gasteiger partial charge is 0.0541 e. The van der Waals surface area contributed by atoms with Crippen molar-refractivity contribution in [3.05, 3.63) is 30.1 Å². The molecule has 0 aliphatic carbocycles. The van der Waals surface area contributed by atoms with Crippen LogP contribution in [-0.4, -0.2) is 35.6 Å². The van der Waals surface area contributed by atoms with Gasteiger partial charge in [0.2, 0.25) is 0 Å². The van der Waals surface area contributed by atoms with Crippen molar-refractivity contribution in [1.82, 2.24) is 15.2 Å². The summed E-state index contributed by atoms with van der Waals surface area (Å²) in [5, 5.41) is 3.48. The third-order valence-corrected chi connectivity index (χ3v) is 3.79. The maximum absolute atomic E-state index is 4.32. The lowest BCUT2D eigenvalue weighted by molar-refractivity contribution is 0.207. The molecule has 3 nitrogen and oxygen atoms in total. The van der Waals surface area contributed by atoms with Crippen LogP contribution in [0.15, 0.2) is 24.4 Å². The van der Waals surface area contributed by atoms with E-state index in [1.165, 1.54) is 19.4 Å². The summed E-state index contributed by atoms with van der Waals surface area (Å²) in [6.07, 6.45) is 4.59. The normalized spacial score (nSPS) is 20.7. The van der Waals surface area contributed by atoms with E-state index in [1.54, 1.807) is 0 Å². The molecule has 3 heteroatoms. The third-order valence-electron chi connectivity index (χ3n) is 3.79. The molecule has 100 valence electrons. The zero-order valence-electron chi connectivity index (χ0n) is 11.6. The molecule has 2 rings (SSSR count). The highest BCUT2D eigenvalue weighted by Crippen LogP contribution is 2.22. The summed E-state index contributed by atoms with van der Waals surface area (Å²) < 4.78 is 0. The minimum atomic E-state index is 0.781. The molecule has 0 bridgehead atoms. The summed E-state index contributed by atoms with van der Waals surface area (Å²) in [6.45, 7) is 9.04. The van der Waals surface area contributed by atoms with Crippen LogP contribution in [-0.2, 0) is 6.54 Å². The Kier molecular flexibility index (Phi) is 5.14. The van der Waals surface area contributed by atoms with Crippen LogP contribution in [0.1, 0.15) is 32.4 Å². The van der Waals surface area contributed by atoms with Crippen molar-refractivity contribution in [3.63, 3.8) is 0 Å². The molecule has 1 aromatic heterocycles. The molecule has 1 saturated heterocycles. The molecule has 1 fully saturated rings. The fraction of sp³-hybridized carbons (Fsp3) is 0.667. The monoisotopic (exact) mass is 247 g/mol. The third kappa shape index (κ3) is 3.79. The first-order valence-electron chi connectivity index (χ1n) is 7.12. The number of nitrogens with zero attached hydrogens (tertiary/aromatic N) is 2. The van der Waals surface area contributed by atoms with Gasteiger partial charge in [0, 0.05) is 31.9 Å². The van der Waals surface area contributed by atoms with Gasteiger partial charge in [0.05, 0.1) is 5.69 Å². The van der Waals surface area contributed by atoms with E-state index in [9.17, 15) is 0 Å². The van der Waals surface area contributed by atoms with Crippen LogP contribution in [0.2, 0.25) is 0 Å². The van der Waals surface area contributed by atoms with E-state index in [1.807, 2.05) is 18.3 Å². The van der Waals surface area contributed by atoms with Crippen LogP contribution in [0.25, 0.3) is 0 Å². The molecule has 0 radical (unpaired) electrons. The highest BCUT2D eigenvalue weighted by Gasteiger charge is 2.25. The van der Waals surface area contributed by atoms with Gasteiger partial charge in [-0.1, -0.05) is 19.9 Å². The molecular weight excluding hydrogens is 222 g/mol. The minimum Gasteiger partial charge on any atom is -0.310 e. The lowest BCUT2D eigenvalue weighted by Gasteiger charge is -2.27. The van der Waals surface area contributed by atoms with Crippen molar-refractivity contribution < 1.29 is 0 Å². The second kappa shape index (κ2) is 6.86. The Morgan fingerprint density at radius 3 is 3.06 bits per heavy atom. The first-order chi connectivity index (χ1) is 8.77. The molecule has 0 aromatic carbocycles.